The van der Waals surface area contributed by atoms with Crippen LogP contribution in [-0.2, 0) is 9.47 Å². The number of halogens is 2. The van der Waals surface area contributed by atoms with Gasteiger partial charge in [-0.1, -0.05) is 47.9 Å². The molecule has 2 atom stereocenters. The van der Waals surface area contributed by atoms with Gasteiger partial charge in [0.05, 0.1) is 39.3 Å². The van der Waals surface area contributed by atoms with Crippen LogP contribution in [0, 0.1) is 18.2 Å². The van der Waals surface area contributed by atoms with Gasteiger partial charge in [-0.05, 0) is 70.0 Å². The lowest BCUT2D eigenvalue weighted by atomic mass is 9.92. The van der Waals surface area contributed by atoms with E-state index in [-0.39, 0.29) is 47.1 Å². The average molecular weight is 767 g/mol. The molecule has 13 heteroatoms. The number of carbonyl (C=O) groups is 1. The lowest BCUT2D eigenvalue weighted by Crippen LogP contribution is -2.57. The molecule has 6 heterocycles. The van der Waals surface area contributed by atoms with Crippen molar-refractivity contribution in [3.05, 3.63) is 71.2 Å². The minimum Gasteiger partial charge on any atom is -0.468 e. The van der Waals surface area contributed by atoms with Crippen LogP contribution in [0.2, 0.25) is 5.02 Å². The van der Waals surface area contributed by atoms with Crippen molar-refractivity contribution in [1.29, 1.82) is 0 Å². The van der Waals surface area contributed by atoms with Crippen molar-refractivity contribution in [3.8, 4) is 35.4 Å². The number of piperazine rings is 1. The summed E-state index contributed by atoms with van der Waals surface area (Å²) in [4.78, 5) is 34.6. The normalized spacial score (nSPS) is 20.7. The summed E-state index contributed by atoms with van der Waals surface area (Å²) < 4.78 is 38.6. The second-order valence-electron chi connectivity index (χ2n) is 16.1. The number of pyridine rings is 1. The summed E-state index contributed by atoms with van der Waals surface area (Å²) in [6.45, 7) is 17.1. The summed E-state index contributed by atoms with van der Waals surface area (Å²) in [6, 6.07) is 6.46. The number of nitrogens with zero attached hydrogens (tertiary/aromatic N) is 6. The molecule has 4 aromatic rings. The van der Waals surface area contributed by atoms with Crippen molar-refractivity contribution < 1.29 is 28.1 Å². The van der Waals surface area contributed by atoms with E-state index >= 15 is 4.39 Å². The molecule has 2 unspecified atom stereocenters. The summed E-state index contributed by atoms with van der Waals surface area (Å²) in [6.07, 6.45) is 10.5. The Kier molecular flexibility index (Phi) is 9.39. The molecule has 4 aliphatic rings. The highest BCUT2D eigenvalue weighted by molar-refractivity contribution is 6.38. The summed E-state index contributed by atoms with van der Waals surface area (Å²) in [5.74, 6) is 3.03. The topological polar surface area (TPSA) is 102 Å². The second-order valence-corrected chi connectivity index (χ2v) is 16.5. The zero-order valence-corrected chi connectivity index (χ0v) is 32.3. The van der Waals surface area contributed by atoms with E-state index in [0.29, 0.717) is 64.2 Å². The summed E-state index contributed by atoms with van der Waals surface area (Å²) in [7, 11) is 1.53. The molecule has 55 heavy (non-hydrogen) atoms. The molecule has 4 fully saturated rings. The molecule has 4 aliphatic heterocycles. The third-order valence-corrected chi connectivity index (χ3v) is 11.3. The SMILES string of the molecule is C#Cc1c(F)ccc2cc(OCOC)cc(-c3ncc4c(N5CC6CCC(C5)N6C(=O)OC(C)(C)C)nc(OCC56CC(=C)CN5CC(=C)C6)nc4c3Cl)c12. The van der Waals surface area contributed by atoms with Crippen LogP contribution in [-0.4, -0.2) is 101 Å². The maximum absolute atomic E-state index is 15.2. The van der Waals surface area contributed by atoms with Crippen LogP contribution in [0.3, 0.4) is 0 Å². The summed E-state index contributed by atoms with van der Waals surface area (Å²) in [5, 5.41) is 1.92. The van der Waals surface area contributed by atoms with Gasteiger partial charge in [-0.15, -0.1) is 6.42 Å². The Morgan fingerprint density at radius 2 is 1.80 bits per heavy atom. The first-order chi connectivity index (χ1) is 26.3. The van der Waals surface area contributed by atoms with E-state index in [1.54, 1.807) is 24.4 Å². The van der Waals surface area contributed by atoms with Crippen molar-refractivity contribution in [1.82, 2.24) is 24.8 Å². The summed E-state index contributed by atoms with van der Waals surface area (Å²) in [5.41, 5.74) is 2.70. The van der Waals surface area contributed by atoms with Gasteiger partial charge in [0.1, 0.15) is 35.1 Å². The van der Waals surface area contributed by atoms with Gasteiger partial charge in [0.25, 0.3) is 0 Å². The Morgan fingerprint density at radius 3 is 2.45 bits per heavy atom. The van der Waals surface area contributed by atoms with Crippen LogP contribution in [0.4, 0.5) is 15.0 Å². The molecule has 2 aromatic heterocycles. The highest BCUT2D eigenvalue weighted by atomic mass is 35.5. The molecule has 4 saturated heterocycles. The number of ether oxygens (including phenoxy) is 4. The Hall–Kier alpha value is -4.96. The van der Waals surface area contributed by atoms with Crippen LogP contribution < -0.4 is 14.4 Å². The van der Waals surface area contributed by atoms with Crippen molar-refractivity contribution in [2.75, 3.05) is 51.6 Å². The highest BCUT2D eigenvalue weighted by Crippen LogP contribution is 2.45. The van der Waals surface area contributed by atoms with Crippen molar-refractivity contribution in [3.63, 3.8) is 0 Å². The average Bonchev–Trinajstić information content (AvgIpc) is 3.71. The number of benzene rings is 2. The molecule has 2 bridgehead atoms. The van der Waals surface area contributed by atoms with Gasteiger partial charge in [-0.3, -0.25) is 14.8 Å². The Balaban J connectivity index is 1.25. The fraction of sp³-hybridized carbons (Fsp3) is 0.429. The van der Waals surface area contributed by atoms with Gasteiger partial charge in [-0.2, -0.15) is 9.97 Å². The van der Waals surface area contributed by atoms with Crippen LogP contribution in [0.15, 0.2) is 54.8 Å². The second kappa shape index (κ2) is 14.0. The Morgan fingerprint density at radius 1 is 1.09 bits per heavy atom. The lowest BCUT2D eigenvalue weighted by Gasteiger charge is -2.42. The van der Waals surface area contributed by atoms with E-state index in [0.717, 1.165) is 49.9 Å². The maximum Gasteiger partial charge on any atom is 0.410 e. The minimum atomic E-state index is -0.608. The molecular weight excluding hydrogens is 723 g/mol. The molecule has 8 rings (SSSR count). The van der Waals surface area contributed by atoms with Crippen LogP contribution in [0.1, 0.15) is 52.0 Å². The van der Waals surface area contributed by atoms with E-state index in [2.05, 4.69) is 28.9 Å². The molecule has 11 nitrogen and oxygen atoms in total. The zero-order valence-electron chi connectivity index (χ0n) is 31.6. The van der Waals surface area contributed by atoms with Crippen LogP contribution in [0.25, 0.3) is 32.9 Å². The number of rotatable bonds is 8. The number of fused-ring (bicyclic) bond motifs is 5. The summed E-state index contributed by atoms with van der Waals surface area (Å²) >= 11 is 7.36. The van der Waals surface area contributed by atoms with Gasteiger partial charge < -0.3 is 23.8 Å². The number of hydrogen-bond donors (Lipinski definition) is 0. The van der Waals surface area contributed by atoms with E-state index in [1.165, 1.54) is 13.2 Å². The number of terminal acetylenes is 1. The van der Waals surface area contributed by atoms with Crippen molar-refractivity contribution >= 4 is 45.2 Å². The minimum absolute atomic E-state index is 0.00685. The predicted molar refractivity (Wildman–Crippen MR) is 210 cm³/mol. The maximum atomic E-state index is 15.2. The largest absolute Gasteiger partial charge is 0.468 e. The standard InChI is InChI=1S/C42H44ClFN6O5/c1-8-30-33(44)12-9-26-13-29(54-23-52-7)14-31(34(26)30)36-35(43)37-32(17-45-36)38(48-20-27-10-11-28(21-48)50(27)40(51)55-41(4,5)6)47-39(46-37)53-22-42-15-24(2)18-49(42)19-25(3)16-42/h1,9,12-14,17,27-28H,2-3,10-11,15-16,18-23H2,4-7H3. The van der Waals surface area contributed by atoms with Gasteiger partial charge >= 0.3 is 12.1 Å². The quantitative estimate of drug-likeness (QED) is 0.102. The molecule has 0 radical (unpaired) electrons. The number of hydrogen-bond acceptors (Lipinski definition) is 10. The molecule has 0 N–H and O–H groups in total. The molecule has 0 spiro atoms. The molecule has 286 valence electrons. The predicted octanol–water partition coefficient (Wildman–Crippen LogP) is 7.53. The fourth-order valence-corrected chi connectivity index (χ4v) is 9.10. The molecule has 1 amide bonds. The number of amides is 1. The Labute approximate surface area is 325 Å². The molecule has 0 saturated carbocycles. The van der Waals surface area contributed by atoms with E-state index in [4.69, 9.17) is 51.9 Å². The number of carbonyl (C=O) groups excluding carboxylic acids is 1. The monoisotopic (exact) mass is 766 g/mol. The fourth-order valence-electron chi connectivity index (χ4n) is 8.81. The van der Waals surface area contributed by atoms with Crippen LogP contribution >= 0.6 is 11.6 Å². The van der Waals surface area contributed by atoms with Gasteiger partial charge in [-0.25, -0.2) is 9.18 Å². The first-order valence-corrected chi connectivity index (χ1v) is 18.8. The van der Waals surface area contributed by atoms with Gasteiger partial charge in [0.15, 0.2) is 6.79 Å². The molecular formula is C42H44ClFN6O5. The third kappa shape index (κ3) is 6.72. The van der Waals surface area contributed by atoms with Gasteiger partial charge in [0.2, 0.25) is 0 Å². The van der Waals surface area contributed by atoms with E-state index in [1.807, 2.05) is 25.7 Å². The van der Waals surface area contributed by atoms with E-state index < -0.39 is 11.4 Å². The zero-order chi connectivity index (χ0) is 38.8. The lowest BCUT2D eigenvalue weighted by molar-refractivity contribution is 0.0122. The van der Waals surface area contributed by atoms with Crippen molar-refractivity contribution in [2.24, 2.45) is 0 Å². The first kappa shape index (κ1) is 37.0. The number of methoxy groups -OCH3 is 1. The first-order valence-electron chi connectivity index (χ1n) is 18.5. The van der Waals surface area contributed by atoms with Crippen molar-refractivity contribution in [2.45, 2.75) is 69.7 Å². The van der Waals surface area contributed by atoms with E-state index in [9.17, 15) is 4.79 Å². The molecule has 2 aromatic carbocycles. The third-order valence-electron chi connectivity index (χ3n) is 10.9. The number of anilines is 1. The van der Waals surface area contributed by atoms with Gasteiger partial charge in [0, 0.05) is 50.4 Å². The van der Waals surface area contributed by atoms with Crippen LogP contribution in [0.5, 0.6) is 11.8 Å². The molecule has 0 aliphatic carbocycles. The number of aromatic nitrogens is 3. The smallest absolute Gasteiger partial charge is 0.410 e. The Bertz CT molecular complexity index is 2270. The highest BCUT2D eigenvalue weighted by Gasteiger charge is 2.48.